The maximum atomic E-state index is 14.3. The molecule has 35 heavy (non-hydrogen) atoms. The average Bonchev–Trinajstić information content (AvgIpc) is 3.21. The van der Waals surface area contributed by atoms with Crippen molar-refractivity contribution in [3.63, 3.8) is 0 Å². The maximum Gasteiger partial charge on any atom is 0.418 e. The minimum Gasteiger partial charge on any atom is -0.478 e. The summed E-state index contributed by atoms with van der Waals surface area (Å²) in [6.45, 7) is 1.73. The van der Waals surface area contributed by atoms with Crippen LogP contribution in [0.2, 0.25) is 0 Å². The number of carboxylic acid groups (broad SMARTS) is 1. The van der Waals surface area contributed by atoms with E-state index in [1.54, 1.807) is 43.3 Å². The van der Waals surface area contributed by atoms with Gasteiger partial charge in [-0.3, -0.25) is 10.1 Å². The Morgan fingerprint density at radius 1 is 1.09 bits per heavy atom. The maximum absolute atomic E-state index is 14.3. The largest absolute Gasteiger partial charge is 0.478 e. The van der Waals surface area contributed by atoms with Crippen molar-refractivity contribution >= 4 is 34.1 Å². The number of H-pyrrole nitrogens is 1. The molecule has 0 atom stereocenters. The number of nitrogens with zero attached hydrogens (tertiary/aromatic N) is 2. The molecule has 0 saturated carbocycles. The van der Waals surface area contributed by atoms with Gasteiger partial charge in [0.25, 0.3) is 0 Å². The lowest BCUT2D eigenvalue weighted by Crippen LogP contribution is -2.11. The summed E-state index contributed by atoms with van der Waals surface area (Å²) in [5.41, 5.74) is 1.73. The summed E-state index contributed by atoms with van der Waals surface area (Å²) in [6, 6.07) is 13.7. The molecule has 0 aliphatic rings. The van der Waals surface area contributed by atoms with Gasteiger partial charge in [0.15, 0.2) is 0 Å². The van der Waals surface area contributed by atoms with Crippen molar-refractivity contribution in [2.45, 2.75) is 19.5 Å². The molecule has 4 aromatic rings. The van der Waals surface area contributed by atoms with Crippen molar-refractivity contribution in [2.75, 3.05) is 0 Å². The highest BCUT2D eigenvalue weighted by Gasteiger charge is 2.35. The summed E-state index contributed by atoms with van der Waals surface area (Å²) in [4.78, 5) is 14.9. The van der Waals surface area contributed by atoms with E-state index in [4.69, 9.17) is 5.11 Å². The Kier molecular flexibility index (Phi) is 6.50. The van der Waals surface area contributed by atoms with E-state index >= 15 is 0 Å². The highest BCUT2D eigenvalue weighted by molar-refractivity contribution is 6.00. The quantitative estimate of drug-likeness (QED) is 0.241. The number of alkyl halides is 3. The predicted octanol–water partition coefficient (Wildman–Crippen LogP) is 6.58. The van der Waals surface area contributed by atoms with Crippen LogP contribution in [0.1, 0.15) is 41.3 Å². The van der Waals surface area contributed by atoms with Gasteiger partial charge in [0.1, 0.15) is 0 Å². The van der Waals surface area contributed by atoms with Crippen LogP contribution < -0.4 is 0 Å². The van der Waals surface area contributed by atoms with E-state index in [0.717, 1.165) is 12.1 Å². The highest BCUT2D eigenvalue weighted by atomic mass is 19.4. The van der Waals surface area contributed by atoms with Crippen molar-refractivity contribution in [3.8, 4) is 0 Å². The molecule has 178 valence electrons. The summed E-state index contributed by atoms with van der Waals surface area (Å²) in [5.74, 6) is -1.75. The van der Waals surface area contributed by atoms with E-state index in [9.17, 15) is 22.4 Å². The molecule has 0 saturated heterocycles. The minimum atomic E-state index is -4.62. The number of halogens is 4. The Bertz CT molecular complexity index is 1450. The lowest BCUT2D eigenvalue weighted by molar-refractivity contribution is -0.138. The van der Waals surface area contributed by atoms with Gasteiger partial charge < -0.3 is 5.11 Å². The van der Waals surface area contributed by atoms with E-state index in [1.165, 1.54) is 24.4 Å². The molecular weight excluding hydrogens is 462 g/mol. The molecule has 0 unspecified atom stereocenters. The van der Waals surface area contributed by atoms with Crippen molar-refractivity contribution in [3.05, 3.63) is 101 Å². The van der Waals surface area contributed by atoms with Crippen LogP contribution >= 0.6 is 0 Å². The molecule has 2 aromatic heterocycles. The van der Waals surface area contributed by atoms with Crippen LogP contribution in [0.5, 0.6) is 0 Å². The predicted molar refractivity (Wildman–Crippen MR) is 125 cm³/mol. The number of benzene rings is 2. The van der Waals surface area contributed by atoms with Gasteiger partial charge in [-0.1, -0.05) is 37.3 Å². The molecule has 0 aliphatic heterocycles. The fraction of sp³-hybridized carbons (Fsp3) is 0.115. The van der Waals surface area contributed by atoms with Crippen molar-refractivity contribution in [2.24, 2.45) is 0 Å². The number of aromatic nitrogens is 3. The normalized spacial score (nSPS) is 12.8. The van der Waals surface area contributed by atoms with E-state index in [1.807, 2.05) is 0 Å². The molecule has 0 amide bonds. The Hall–Kier alpha value is -4.27. The Labute approximate surface area is 197 Å². The topological polar surface area (TPSA) is 78.9 Å². The van der Waals surface area contributed by atoms with Gasteiger partial charge in [0.2, 0.25) is 5.95 Å². The Balaban J connectivity index is 2.00. The van der Waals surface area contributed by atoms with E-state index < -0.39 is 23.7 Å². The van der Waals surface area contributed by atoms with Crippen LogP contribution in [0.25, 0.3) is 28.1 Å². The zero-order valence-corrected chi connectivity index (χ0v) is 18.4. The number of aliphatic carboxylic acids is 1. The second kappa shape index (κ2) is 9.54. The number of carboxylic acids is 1. The van der Waals surface area contributed by atoms with Crippen LogP contribution in [0.3, 0.4) is 0 Å². The molecule has 0 radical (unpaired) electrons. The first-order chi connectivity index (χ1) is 16.7. The molecule has 0 fully saturated rings. The summed E-state index contributed by atoms with van der Waals surface area (Å²) in [5, 5.41) is 15.2. The minimum absolute atomic E-state index is 0.202. The Morgan fingerprint density at radius 3 is 2.46 bits per heavy atom. The molecule has 5 nitrogen and oxygen atoms in total. The summed E-state index contributed by atoms with van der Waals surface area (Å²) in [7, 11) is 0. The molecular formula is C26H19F4N3O2. The summed E-state index contributed by atoms with van der Waals surface area (Å²) in [6.07, 6.45) is -0.716. The second-order valence-electron chi connectivity index (χ2n) is 7.67. The lowest BCUT2D eigenvalue weighted by atomic mass is 9.88. The first kappa shape index (κ1) is 23.9. The number of nitrogens with one attached hydrogen (secondary N) is 1. The van der Waals surface area contributed by atoms with Gasteiger partial charge in [0.05, 0.1) is 22.2 Å². The average molecular weight is 481 g/mol. The van der Waals surface area contributed by atoms with Gasteiger partial charge in [0, 0.05) is 12.3 Å². The van der Waals surface area contributed by atoms with E-state index in [-0.39, 0.29) is 17.5 Å². The molecule has 9 heteroatoms. The first-order valence-electron chi connectivity index (χ1n) is 10.6. The highest BCUT2D eigenvalue weighted by Crippen LogP contribution is 2.40. The molecule has 4 rings (SSSR count). The van der Waals surface area contributed by atoms with Gasteiger partial charge in [-0.2, -0.15) is 22.7 Å². The third-order valence-electron chi connectivity index (χ3n) is 5.47. The molecule has 0 aliphatic carbocycles. The number of rotatable bonds is 6. The third kappa shape index (κ3) is 4.98. The van der Waals surface area contributed by atoms with Crippen LogP contribution in [0.15, 0.2) is 66.9 Å². The number of hydrogen-bond donors (Lipinski definition) is 2. The Morgan fingerprint density at radius 2 is 1.80 bits per heavy atom. The molecule has 2 N–H and O–H groups in total. The lowest BCUT2D eigenvalue weighted by Gasteiger charge is -2.19. The molecule has 2 aromatic carbocycles. The molecule has 0 bridgehead atoms. The van der Waals surface area contributed by atoms with Gasteiger partial charge in [-0.15, -0.1) is 0 Å². The smallest absolute Gasteiger partial charge is 0.418 e. The zero-order chi connectivity index (χ0) is 25.2. The summed E-state index contributed by atoms with van der Waals surface area (Å²) >= 11 is 0. The van der Waals surface area contributed by atoms with Crippen LogP contribution in [-0.4, -0.2) is 26.3 Å². The van der Waals surface area contributed by atoms with Crippen LogP contribution in [-0.2, 0) is 11.0 Å². The number of allylic oxidation sites excluding steroid dienone is 1. The van der Waals surface area contributed by atoms with Crippen molar-refractivity contribution in [1.29, 1.82) is 0 Å². The fourth-order valence-electron chi connectivity index (χ4n) is 3.92. The fourth-order valence-corrected chi connectivity index (χ4v) is 3.92. The standard InChI is InChI=1S/C26H19F4N3O2/c1-2-18(24-20(26(28,29)30)4-3-13-31-24)23(16-8-5-15(6-9-16)7-12-22(34)35)17-10-11-21-19(14-17)25(27)33-32-21/h3-14H,2H2,1H3,(H,32,33)(H,34,35)/b12-7+,23-18+. The zero-order valence-electron chi connectivity index (χ0n) is 18.4. The SMILES string of the molecule is CC/C(=C(/c1ccc(/C=C/C(=O)O)cc1)c1ccc2n[nH]c(F)c2c1)c1ncccc1C(F)(F)F. The van der Waals surface area contributed by atoms with Crippen LogP contribution in [0, 0.1) is 5.95 Å². The van der Waals surface area contributed by atoms with Gasteiger partial charge in [-0.05, 0) is 64.6 Å². The number of pyridine rings is 1. The molecule has 2 heterocycles. The second-order valence-corrected chi connectivity index (χ2v) is 7.67. The number of carbonyl (C=O) groups is 1. The van der Waals surface area contributed by atoms with Gasteiger partial charge in [-0.25, -0.2) is 4.79 Å². The number of fused-ring (bicyclic) bond motifs is 1. The number of hydrogen-bond acceptors (Lipinski definition) is 3. The molecule has 0 spiro atoms. The van der Waals surface area contributed by atoms with Crippen molar-refractivity contribution in [1.82, 2.24) is 15.2 Å². The number of aromatic amines is 1. The first-order valence-corrected chi connectivity index (χ1v) is 10.6. The third-order valence-corrected chi connectivity index (χ3v) is 5.47. The van der Waals surface area contributed by atoms with Crippen LogP contribution in [0.4, 0.5) is 17.6 Å². The van der Waals surface area contributed by atoms with Gasteiger partial charge >= 0.3 is 12.1 Å². The summed E-state index contributed by atoms with van der Waals surface area (Å²) < 4.78 is 55.8. The monoisotopic (exact) mass is 481 g/mol. The van der Waals surface area contributed by atoms with Crippen molar-refractivity contribution < 1.29 is 27.5 Å². The van der Waals surface area contributed by atoms with E-state index in [2.05, 4.69) is 15.2 Å². The van der Waals surface area contributed by atoms with E-state index in [0.29, 0.717) is 33.4 Å².